The van der Waals surface area contributed by atoms with Crippen LogP contribution < -0.4 is 5.73 Å². The average Bonchev–Trinajstić information content (AvgIpc) is 2.58. The van der Waals surface area contributed by atoms with Crippen molar-refractivity contribution in [3.05, 3.63) is 0 Å². The molecule has 0 atom stereocenters. The Morgan fingerprint density at radius 2 is 1.88 bits per heavy atom. The number of rotatable bonds is 5. The lowest BCUT2D eigenvalue weighted by Crippen LogP contribution is -2.64. The van der Waals surface area contributed by atoms with Crippen LogP contribution in [0, 0.1) is 5.92 Å². The molecule has 138 valence electrons. The van der Waals surface area contributed by atoms with Gasteiger partial charge in [0.05, 0.1) is 25.9 Å². The smallest absolute Gasteiger partial charge is 0.191 e. The fraction of sp³-hybridized carbons (Fsp3) is 0.944. The highest BCUT2D eigenvalue weighted by molar-refractivity contribution is 5.78. The predicted octanol–water partition coefficient (Wildman–Crippen LogP) is 1.30. The minimum atomic E-state index is 0.122. The third-order valence-electron chi connectivity index (χ3n) is 5.94. The van der Waals surface area contributed by atoms with E-state index >= 15 is 0 Å². The van der Waals surface area contributed by atoms with Crippen LogP contribution >= 0.6 is 0 Å². The molecule has 2 N–H and O–H groups in total. The monoisotopic (exact) mass is 338 g/mol. The highest BCUT2D eigenvalue weighted by Gasteiger charge is 2.49. The van der Waals surface area contributed by atoms with Gasteiger partial charge in [0, 0.05) is 38.3 Å². The van der Waals surface area contributed by atoms with Gasteiger partial charge in [0.2, 0.25) is 0 Å². The molecule has 0 aromatic rings. The van der Waals surface area contributed by atoms with Crippen LogP contribution in [0.4, 0.5) is 0 Å². The molecule has 3 rings (SSSR count). The van der Waals surface area contributed by atoms with Crippen LogP contribution in [0.1, 0.15) is 39.5 Å². The molecule has 3 fully saturated rings. The predicted molar refractivity (Wildman–Crippen MR) is 96.2 cm³/mol. The van der Waals surface area contributed by atoms with Crippen molar-refractivity contribution in [3.8, 4) is 0 Å². The SMILES string of the molecule is CCOC1CC(CN=C(N)N2CCC(C)CC2)(N2CCOCC2)C1. The van der Waals surface area contributed by atoms with Crippen LogP contribution in [0.5, 0.6) is 0 Å². The van der Waals surface area contributed by atoms with E-state index in [-0.39, 0.29) is 5.54 Å². The van der Waals surface area contributed by atoms with E-state index in [1.165, 1.54) is 12.8 Å². The maximum atomic E-state index is 6.30. The zero-order chi connectivity index (χ0) is 17.0. The second kappa shape index (κ2) is 8.02. The van der Waals surface area contributed by atoms with Gasteiger partial charge in [-0.05, 0) is 38.5 Å². The van der Waals surface area contributed by atoms with Crippen LogP contribution in [0.25, 0.3) is 0 Å². The van der Waals surface area contributed by atoms with Gasteiger partial charge in [-0.2, -0.15) is 0 Å². The third-order valence-corrected chi connectivity index (χ3v) is 5.94. The first-order chi connectivity index (χ1) is 11.6. The summed E-state index contributed by atoms with van der Waals surface area (Å²) in [5.41, 5.74) is 6.43. The van der Waals surface area contributed by atoms with Gasteiger partial charge >= 0.3 is 0 Å². The molecule has 0 amide bonds. The van der Waals surface area contributed by atoms with E-state index < -0.39 is 0 Å². The molecule has 2 saturated heterocycles. The molecule has 0 spiro atoms. The van der Waals surface area contributed by atoms with Crippen LogP contribution in [0.2, 0.25) is 0 Å². The van der Waals surface area contributed by atoms with Crippen molar-refractivity contribution < 1.29 is 9.47 Å². The summed E-state index contributed by atoms with van der Waals surface area (Å²) in [6.45, 7) is 11.7. The highest BCUT2D eigenvalue weighted by Crippen LogP contribution is 2.40. The summed E-state index contributed by atoms with van der Waals surface area (Å²) in [5, 5.41) is 0. The Morgan fingerprint density at radius 3 is 2.50 bits per heavy atom. The zero-order valence-corrected chi connectivity index (χ0v) is 15.4. The third kappa shape index (κ3) is 4.03. The molecule has 0 radical (unpaired) electrons. The number of guanidine groups is 1. The summed E-state index contributed by atoms with van der Waals surface area (Å²) in [4.78, 5) is 9.63. The first-order valence-electron chi connectivity index (χ1n) is 9.62. The normalized spacial score (nSPS) is 33.5. The quantitative estimate of drug-likeness (QED) is 0.605. The number of likely N-dealkylation sites (tertiary alicyclic amines) is 1. The summed E-state index contributed by atoms with van der Waals surface area (Å²) < 4.78 is 11.3. The minimum Gasteiger partial charge on any atom is -0.379 e. The Kier molecular flexibility index (Phi) is 6.00. The molecule has 0 aromatic carbocycles. The van der Waals surface area contributed by atoms with Gasteiger partial charge in [-0.3, -0.25) is 9.89 Å². The lowest BCUT2D eigenvalue weighted by atomic mass is 9.72. The van der Waals surface area contributed by atoms with Crippen molar-refractivity contribution in [2.75, 3.05) is 52.5 Å². The average molecular weight is 338 g/mol. The maximum absolute atomic E-state index is 6.30. The standard InChI is InChI=1S/C18H34N4O2/c1-3-24-16-12-18(13-16,22-8-10-23-11-9-22)14-20-17(19)21-6-4-15(2)5-7-21/h15-16H,3-14H2,1-2H3,(H2,19,20). The molecule has 2 heterocycles. The van der Waals surface area contributed by atoms with E-state index in [9.17, 15) is 0 Å². The van der Waals surface area contributed by atoms with E-state index in [0.29, 0.717) is 6.10 Å². The Labute approximate surface area is 146 Å². The molecular weight excluding hydrogens is 304 g/mol. The molecule has 3 aliphatic rings. The molecule has 6 nitrogen and oxygen atoms in total. The fourth-order valence-corrected chi connectivity index (χ4v) is 4.23. The maximum Gasteiger partial charge on any atom is 0.191 e. The Morgan fingerprint density at radius 1 is 1.21 bits per heavy atom. The number of morpholine rings is 1. The summed E-state index contributed by atoms with van der Waals surface area (Å²) in [6.07, 6.45) is 4.95. The highest BCUT2D eigenvalue weighted by atomic mass is 16.5. The number of nitrogens with zero attached hydrogens (tertiary/aromatic N) is 3. The molecule has 6 heteroatoms. The summed E-state index contributed by atoms with van der Waals surface area (Å²) in [5.74, 6) is 1.54. The molecule has 0 unspecified atom stereocenters. The van der Waals surface area contributed by atoms with Gasteiger partial charge in [0.15, 0.2) is 5.96 Å². The lowest BCUT2D eigenvalue weighted by molar-refractivity contribution is -0.122. The van der Waals surface area contributed by atoms with Crippen molar-refractivity contribution in [1.82, 2.24) is 9.80 Å². The van der Waals surface area contributed by atoms with Crippen LogP contribution in [0.15, 0.2) is 4.99 Å². The number of hydrogen-bond donors (Lipinski definition) is 1. The Bertz CT molecular complexity index is 423. The second-order valence-corrected chi connectivity index (χ2v) is 7.65. The van der Waals surface area contributed by atoms with Crippen molar-refractivity contribution in [2.45, 2.75) is 51.2 Å². The fourth-order valence-electron chi connectivity index (χ4n) is 4.23. The zero-order valence-electron chi connectivity index (χ0n) is 15.4. The molecule has 24 heavy (non-hydrogen) atoms. The van der Waals surface area contributed by atoms with Crippen LogP contribution in [-0.2, 0) is 9.47 Å². The van der Waals surface area contributed by atoms with E-state index in [0.717, 1.165) is 77.3 Å². The van der Waals surface area contributed by atoms with Crippen molar-refractivity contribution in [1.29, 1.82) is 0 Å². The number of nitrogens with two attached hydrogens (primary N) is 1. The number of aliphatic imine (C=N–C) groups is 1. The van der Waals surface area contributed by atoms with Gasteiger partial charge in [-0.1, -0.05) is 6.92 Å². The van der Waals surface area contributed by atoms with Crippen molar-refractivity contribution in [2.24, 2.45) is 16.6 Å². The summed E-state index contributed by atoms with van der Waals surface area (Å²) in [6, 6.07) is 0. The molecule has 2 aliphatic heterocycles. The first kappa shape index (κ1) is 18.0. The van der Waals surface area contributed by atoms with Gasteiger partial charge in [0.1, 0.15) is 0 Å². The Balaban J connectivity index is 1.60. The largest absolute Gasteiger partial charge is 0.379 e. The number of ether oxygens (including phenoxy) is 2. The summed E-state index contributed by atoms with van der Waals surface area (Å²) >= 11 is 0. The van der Waals surface area contributed by atoms with Crippen molar-refractivity contribution in [3.63, 3.8) is 0 Å². The van der Waals surface area contributed by atoms with E-state index in [1.807, 2.05) is 0 Å². The molecular formula is C18H34N4O2. The molecule has 1 saturated carbocycles. The van der Waals surface area contributed by atoms with E-state index in [2.05, 4.69) is 23.6 Å². The van der Waals surface area contributed by atoms with Crippen LogP contribution in [-0.4, -0.2) is 79.9 Å². The van der Waals surface area contributed by atoms with Crippen LogP contribution in [0.3, 0.4) is 0 Å². The topological polar surface area (TPSA) is 63.3 Å². The Hall–Kier alpha value is -0.850. The molecule has 0 bridgehead atoms. The lowest BCUT2D eigenvalue weighted by Gasteiger charge is -2.54. The molecule has 1 aliphatic carbocycles. The first-order valence-corrected chi connectivity index (χ1v) is 9.62. The van der Waals surface area contributed by atoms with Gasteiger partial charge in [0.25, 0.3) is 0 Å². The number of hydrogen-bond acceptors (Lipinski definition) is 4. The van der Waals surface area contributed by atoms with Gasteiger partial charge in [-0.25, -0.2) is 0 Å². The minimum absolute atomic E-state index is 0.122. The molecule has 0 aromatic heterocycles. The van der Waals surface area contributed by atoms with E-state index in [1.54, 1.807) is 0 Å². The van der Waals surface area contributed by atoms with Crippen molar-refractivity contribution >= 4 is 5.96 Å². The van der Waals surface area contributed by atoms with E-state index in [4.69, 9.17) is 20.2 Å². The second-order valence-electron chi connectivity index (χ2n) is 7.65. The van der Waals surface area contributed by atoms with Gasteiger partial charge in [-0.15, -0.1) is 0 Å². The van der Waals surface area contributed by atoms with Gasteiger partial charge < -0.3 is 20.1 Å². The number of piperidine rings is 1. The summed E-state index contributed by atoms with van der Waals surface area (Å²) in [7, 11) is 0.